The quantitative estimate of drug-likeness (QED) is 0.684. The van der Waals surface area contributed by atoms with E-state index in [2.05, 4.69) is 22.5 Å². The van der Waals surface area contributed by atoms with Crippen LogP contribution in [0.15, 0.2) is 18.2 Å². The lowest BCUT2D eigenvalue weighted by Crippen LogP contribution is -2.27. The second kappa shape index (κ2) is 7.43. The van der Waals surface area contributed by atoms with E-state index in [0.717, 1.165) is 42.9 Å². The SMILES string of the molecule is CCCCN(CCO)c1ccc2c(c1)NC(=O)C2NCC. The van der Waals surface area contributed by atoms with Crippen molar-refractivity contribution in [3.63, 3.8) is 0 Å². The van der Waals surface area contributed by atoms with E-state index in [9.17, 15) is 9.90 Å². The first-order valence-corrected chi connectivity index (χ1v) is 7.75. The number of hydrogen-bond donors (Lipinski definition) is 3. The van der Waals surface area contributed by atoms with E-state index >= 15 is 0 Å². The van der Waals surface area contributed by atoms with E-state index < -0.39 is 0 Å². The van der Waals surface area contributed by atoms with Crippen LogP contribution in [0.2, 0.25) is 0 Å². The molecule has 1 aromatic carbocycles. The number of likely N-dealkylation sites (N-methyl/N-ethyl adjacent to an activating group) is 1. The number of amides is 1. The predicted molar refractivity (Wildman–Crippen MR) is 85.7 cm³/mol. The molecule has 1 heterocycles. The molecule has 0 saturated carbocycles. The molecule has 1 atom stereocenters. The van der Waals surface area contributed by atoms with Crippen LogP contribution >= 0.6 is 0 Å². The van der Waals surface area contributed by atoms with E-state index in [1.807, 2.05) is 25.1 Å². The number of carbonyl (C=O) groups excluding carboxylic acids is 1. The number of anilines is 2. The van der Waals surface area contributed by atoms with Crippen LogP contribution in [0.25, 0.3) is 0 Å². The second-order valence-corrected chi connectivity index (χ2v) is 5.32. The van der Waals surface area contributed by atoms with Crippen LogP contribution in [0.4, 0.5) is 11.4 Å². The lowest BCUT2D eigenvalue weighted by molar-refractivity contribution is -0.117. The number of aliphatic hydroxyl groups is 1. The summed E-state index contributed by atoms with van der Waals surface area (Å²) in [5.41, 5.74) is 2.93. The molecule has 3 N–H and O–H groups in total. The monoisotopic (exact) mass is 291 g/mol. The maximum Gasteiger partial charge on any atom is 0.246 e. The lowest BCUT2D eigenvalue weighted by Gasteiger charge is -2.24. The fourth-order valence-electron chi connectivity index (χ4n) is 2.69. The van der Waals surface area contributed by atoms with Crippen molar-refractivity contribution in [2.75, 3.05) is 36.5 Å². The number of rotatable bonds is 8. The largest absolute Gasteiger partial charge is 0.395 e. The van der Waals surface area contributed by atoms with E-state index in [0.29, 0.717) is 6.54 Å². The highest BCUT2D eigenvalue weighted by molar-refractivity contribution is 6.03. The van der Waals surface area contributed by atoms with Crippen molar-refractivity contribution in [3.05, 3.63) is 23.8 Å². The zero-order chi connectivity index (χ0) is 15.2. The zero-order valence-electron chi connectivity index (χ0n) is 12.9. The van der Waals surface area contributed by atoms with Gasteiger partial charge < -0.3 is 20.6 Å². The first-order valence-electron chi connectivity index (χ1n) is 7.75. The number of nitrogens with zero attached hydrogens (tertiary/aromatic N) is 1. The van der Waals surface area contributed by atoms with E-state index in [4.69, 9.17) is 0 Å². The molecule has 1 amide bonds. The Hall–Kier alpha value is -1.59. The van der Waals surface area contributed by atoms with Crippen LogP contribution in [-0.2, 0) is 4.79 Å². The number of benzene rings is 1. The summed E-state index contributed by atoms with van der Waals surface area (Å²) in [5, 5.41) is 15.4. The van der Waals surface area contributed by atoms with Crippen molar-refractivity contribution in [2.45, 2.75) is 32.7 Å². The van der Waals surface area contributed by atoms with Crippen molar-refractivity contribution in [3.8, 4) is 0 Å². The average Bonchev–Trinajstić information content (AvgIpc) is 2.79. The topological polar surface area (TPSA) is 64.6 Å². The summed E-state index contributed by atoms with van der Waals surface area (Å²) >= 11 is 0. The molecule has 21 heavy (non-hydrogen) atoms. The highest BCUT2D eigenvalue weighted by Gasteiger charge is 2.30. The van der Waals surface area contributed by atoms with Gasteiger partial charge in [0.2, 0.25) is 5.91 Å². The first-order chi connectivity index (χ1) is 10.2. The van der Waals surface area contributed by atoms with Gasteiger partial charge in [0.1, 0.15) is 6.04 Å². The van der Waals surface area contributed by atoms with Gasteiger partial charge in [-0.2, -0.15) is 0 Å². The highest BCUT2D eigenvalue weighted by Crippen LogP contribution is 2.34. The molecule has 1 unspecified atom stereocenters. The van der Waals surface area contributed by atoms with Gasteiger partial charge in [0.15, 0.2) is 0 Å². The average molecular weight is 291 g/mol. The molecule has 0 saturated heterocycles. The van der Waals surface area contributed by atoms with Crippen LogP contribution in [0.3, 0.4) is 0 Å². The Morgan fingerprint density at radius 2 is 2.14 bits per heavy atom. The van der Waals surface area contributed by atoms with Gasteiger partial charge in [-0.25, -0.2) is 0 Å². The van der Waals surface area contributed by atoms with Crippen molar-refractivity contribution in [1.29, 1.82) is 0 Å². The van der Waals surface area contributed by atoms with Crippen molar-refractivity contribution >= 4 is 17.3 Å². The standard InChI is InChI=1S/C16H25N3O2/c1-3-5-8-19(9-10-20)12-6-7-13-14(11-12)18-16(21)15(13)17-4-2/h6-7,11,15,17,20H,3-5,8-10H2,1-2H3,(H,18,21). The molecule has 0 aromatic heterocycles. The predicted octanol–water partition coefficient (Wildman–Crippen LogP) is 1.89. The molecule has 0 fully saturated rings. The van der Waals surface area contributed by atoms with Gasteiger partial charge in [0.05, 0.1) is 6.61 Å². The van der Waals surface area contributed by atoms with E-state index in [-0.39, 0.29) is 18.6 Å². The summed E-state index contributed by atoms with van der Waals surface area (Å²) < 4.78 is 0. The Morgan fingerprint density at radius 1 is 1.33 bits per heavy atom. The highest BCUT2D eigenvalue weighted by atomic mass is 16.3. The molecule has 0 bridgehead atoms. The summed E-state index contributed by atoms with van der Waals surface area (Å²) in [6.45, 7) is 6.57. The van der Waals surface area contributed by atoms with Gasteiger partial charge in [-0.15, -0.1) is 0 Å². The second-order valence-electron chi connectivity index (χ2n) is 5.32. The summed E-state index contributed by atoms with van der Waals surface area (Å²) in [7, 11) is 0. The van der Waals surface area contributed by atoms with Crippen molar-refractivity contribution in [1.82, 2.24) is 5.32 Å². The fourth-order valence-corrected chi connectivity index (χ4v) is 2.69. The normalized spacial score (nSPS) is 16.7. The molecule has 116 valence electrons. The van der Waals surface area contributed by atoms with Gasteiger partial charge >= 0.3 is 0 Å². The smallest absolute Gasteiger partial charge is 0.246 e. The number of aliphatic hydroxyl groups excluding tert-OH is 1. The van der Waals surface area contributed by atoms with Gasteiger partial charge in [-0.3, -0.25) is 4.79 Å². The van der Waals surface area contributed by atoms with Crippen LogP contribution in [-0.4, -0.2) is 37.3 Å². The molecule has 0 spiro atoms. The number of unbranched alkanes of at least 4 members (excludes halogenated alkanes) is 1. The van der Waals surface area contributed by atoms with Crippen LogP contribution in [0.1, 0.15) is 38.3 Å². The van der Waals surface area contributed by atoms with Crippen LogP contribution < -0.4 is 15.5 Å². The number of carbonyl (C=O) groups is 1. The lowest BCUT2D eigenvalue weighted by atomic mass is 10.1. The molecular formula is C16H25N3O2. The van der Waals surface area contributed by atoms with Gasteiger partial charge in [0, 0.05) is 30.0 Å². The van der Waals surface area contributed by atoms with Gasteiger partial charge in [-0.1, -0.05) is 26.3 Å². The molecule has 5 nitrogen and oxygen atoms in total. The Labute approximate surface area is 126 Å². The molecule has 5 heteroatoms. The minimum atomic E-state index is -0.249. The summed E-state index contributed by atoms with van der Waals surface area (Å²) in [6.07, 6.45) is 2.20. The molecule has 1 aliphatic heterocycles. The summed E-state index contributed by atoms with van der Waals surface area (Å²) in [5.74, 6) is 0.00580. The Bertz CT molecular complexity index is 490. The minimum absolute atomic E-state index is 0.00580. The molecule has 0 radical (unpaired) electrons. The first kappa shape index (κ1) is 15.8. The number of fused-ring (bicyclic) bond motifs is 1. The Morgan fingerprint density at radius 3 is 2.81 bits per heavy atom. The zero-order valence-corrected chi connectivity index (χ0v) is 12.9. The third-order valence-electron chi connectivity index (χ3n) is 3.79. The Kier molecular flexibility index (Phi) is 5.59. The van der Waals surface area contributed by atoms with Crippen molar-refractivity contribution < 1.29 is 9.90 Å². The van der Waals surface area contributed by atoms with Crippen LogP contribution in [0.5, 0.6) is 0 Å². The maximum atomic E-state index is 12.0. The Balaban J connectivity index is 2.20. The molecule has 0 aliphatic carbocycles. The third-order valence-corrected chi connectivity index (χ3v) is 3.79. The fraction of sp³-hybridized carbons (Fsp3) is 0.562. The minimum Gasteiger partial charge on any atom is -0.395 e. The van der Waals surface area contributed by atoms with Crippen LogP contribution in [0, 0.1) is 0 Å². The number of hydrogen-bond acceptors (Lipinski definition) is 4. The molecular weight excluding hydrogens is 266 g/mol. The van der Waals surface area contributed by atoms with Gasteiger partial charge in [-0.05, 0) is 25.1 Å². The summed E-state index contributed by atoms with van der Waals surface area (Å²) in [6, 6.07) is 5.80. The molecule has 1 aliphatic rings. The molecule has 1 aromatic rings. The third kappa shape index (κ3) is 3.54. The maximum absolute atomic E-state index is 12.0. The summed E-state index contributed by atoms with van der Waals surface area (Å²) in [4.78, 5) is 14.1. The van der Waals surface area contributed by atoms with E-state index in [1.165, 1.54) is 0 Å². The van der Waals surface area contributed by atoms with Gasteiger partial charge in [0.25, 0.3) is 0 Å². The van der Waals surface area contributed by atoms with E-state index in [1.54, 1.807) is 0 Å². The van der Waals surface area contributed by atoms with Crippen molar-refractivity contribution in [2.24, 2.45) is 0 Å². The number of nitrogens with one attached hydrogen (secondary N) is 2. The molecule has 2 rings (SSSR count).